The summed E-state index contributed by atoms with van der Waals surface area (Å²) in [5, 5.41) is 2.22. The van der Waals surface area contributed by atoms with Gasteiger partial charge in [0, 0.05) is 11.8 Å². The maximum absolute atomic E-state index is 6.84. The molecule has 13 aromatic rings. The second-order valence-electron chi connectivity index (χ2n) is 21.5. The van der Waals surface area contributed by atoms with Crippen LogP contribution in [0.25, 0.3) is 106 Å². The van der Waals surface area contributed by atoms with Crippen LogP contribution in [0.3, 0.4) is 0 Å². The zero-order valence-corrected chi connectivity index (χ0v) is 46.5. The molecule has 3 heterocycles. The van der Waals surface area contributed by atoms with E-state index in [0.29, 0.717) is 17.4 Å². The maximum atomic E-state index is 6.84. The van der Waals surface area contributed by atoms with Gasteiger partial charge in [0.15, 0.2) is 0 Å². The summed E-state index contributed by atoms with van der Waals surface area (Å²) in [6, 6.07) is 88.6. The molecule has 80 heavy (non-hydrogen) atoms. The monoisotopic (exact) mass is 1210 g/mol. The third-order valence-corrected chi connectivity index (χ3v) is 17.8. The standard InChI is InChI=1S/C74H54N4O.Pt/c1-49-41-72(75-47-67(49)54-35-33-52(34-36-54)50-19-6-2-7-20-50)78-68-30-15-14-29-62(68)63-40-38-60(45-71(63)78)79-59-28-18-27-58(44-59)76-48-77(70-32-17-16-31-69(70)76)74-64(53-23-10-4-11-24-53)46-65-61-39-37-56(51-21-8-3-9-22-51)42-57(61)43-66(65)73(74)55-25-12-5-13-26-55;/h3-5,8-18,21-42,46-47,50H,2,6-7,19-20,43H2,1H3;/q-2;. The van der Waals surface area contributed by atoms with Gasteiger partial charge in [-0.25, -0.2) is 0 Å². The molecule has 0 amide bonds. The number of aryl methyl sites for hydroxylation is 1. The number of para-hydroxylation sites is 3. The number of hydrogen-bond donors (Lipinski definition) is 0. The Morgan fingerprint density at radius 3 is 1.89 bits per heavy atom. The van der Waals surface area contributed by atoms with Crippen LogP contribution in [-0.2, 0) is 25.8 Å². The van der Waals surface area contributed by atoms with E-state index >= 15 is 0 Å². The predicted molar refractivity (Wildman–Crippen MR) is 323 cm³/mol. The zero-order chi connectivity index (χ0) is 53.3. The van der Waals surface area contributed by atoms with Gasteiger partial charge in [0.2, 0.25) is 0 Å². The topological polar surface area (TPSA) is 36.9 Å². The fraction of sp³-hybridized carbons (Fsp3) is 0.108. The minimum Gasteiger partial charge on any atom is -0.0581 e. The molecular formula is C74H54N4OPt-2. The van der Waals surface area contributed by atoms with E-state index in [1.165, 1.54) is 98.9 Å². The minimum atomic E-state index is 0.592. The number of rotatable bonds is 10. The summed E-state index contributed by atoms with van der Waals surface area (Å²) in [4.78, 5) is 5.16. The Bertz CT molecular complexity index is 4590. The van der Waals surface area contributed by atoms with Gasteiger partial charge < -0.3 is 0 Å². The van der Waals surface area contributed by atoms with Crippen LogP contribution < -0.4 is 4.74 Å². The Morgan fingerprint density at radius 1 is 0.487 bits per heavy atom. The van der Waals surface area contributed by atoms with Crippen molar-refractivity contribution in [3.8, 4) is 84.3 Å². The molecule has 0 radical (unpaired) electrons. The van der Waals surface area contributed by atoms with Gasteiger partial charge in [0.1, 0.15) is 0 Å². The van der Waals surface area contributed by atoms with Gasteiger partial charge in [-0.05, 0) is 42.4 Å². The first-order valence-corrected chi connectivity index (χ1v) is 29.1. The molecule has 0 spiro atoms. The number of nitrogens with zero attached hydrogens (tertiary/aromatic N) is 4. The molecule has 10 aromatic carbocycles. The normalized spacial score (nSPS) is 13.3. The summed E-state index contributed by atoms with van der Waals surface area (Å²) >= 11 is 2.54. The molecule has 1 saturated carbocycles. The Kier molecular flexibility index (Phi) is 12.1. The van der Waals surface area contributed by atoms with Gasteiger partial charge >= 0.3 is 364 Å². The van der Waals surface area contributed by atoms with Crippen molar-refractivity contribution in [2.24, 2.45) is 0 Å². The van der Waals surface area contributed by atoms with Crippen LogP contribution in [0.1, 0.15) is 60.3 Å². The van der Waals surface area contributed by atoms with Crippen molar-refractivity contribution in [1.82, 2.24) is 18.7 Å². The molecule has 2 aliphatic rings. The van der Waals surface area contributed by atoms with E-state index in [1.807, 2.05) is 18.3 Å². The number of aromatic nitrogens is 4. The third kappa shape index (κ3) is 8.34. The molecular weight excluding hydrogens is 1160 g/mol. The molecule has 2 aliphatic carbocycles. The van der Waals surface area contributed by atoms with Crippen LogP contribution in [0.4, 0.5) is 0 Å². The Labute approximate surface area is 477 Å². The number of benzene rings is 10. The van der Waals surface area contributed by atoms with E-state index in [2.05, 4.69) is 264 Å². The van der Waals surface area contributed by atoms with Gasteiger partial charge in [0.05, 0.1) is 0 Å². The Morgan fingerprint density at radius 2 is 1.14 bits per heavy atom. The molecule has 5 nitrogen and oxygen atoms in total. The average molecular weight is 1210 g/mol. The van der Waals surface area contributed by atoms with Gasteiger partial charge in [0.25, 0.3) is 0 Å². The van der Waals surface area contributed by atoms with Crippen LogP contribution in [0.15, 0.2) is 231 Å². The van der Waals surface area contributed by atoms with Crippen molar-refractivity contribution in [3.05, 3.63) is 269 Å². The van der Waals surface area contributed by atoms with Crippen molar-refractivity contribution < 1.29 is 24.1 Å². The Hall–Kier alpha value is -8.89. The predicted octanol–water partition coefficient (Wildman–Crippen LogP) is 19.0. The Balaban J connectivity index is 0.828. The smallest absolute Gasteiger partial charge is 0.0581 e. The van der Waals surface area contributed by atoms with Crippen LogP contribution in [0.5, 0.6) is 11.5 Å². The second-order valence-corrected chi connectivity index (χ2v) is 22.5. The van der Waals surface area contributed by atoms with Gasteiger partial charge in [-0.15, -0.1) is 0 Å². The van der Waals surface area contributed by atoms with E-state index in [-0.39, 0.29) is 0 Å². The van der Waals surface area contributed by atoms with Crippen molar-refractivity contribution in [3.63, 3.8) is 0 Å². The van der Waals surface area contributed by atoms with Crippen molar-refractivity contribution in [1.29, 1.82) is 0 Å². The fourth-order valence-corrected chi connectivity index (χ4v) is 14.0. The zero-order valence-electron chi connectivity index (χ0n) is 44.3. The summed E-state index contributed by atoms with van der Waals surface area (Å²) in [6.45, 7) is 2.19. The minimum absolute atomic E-state index is 0.592. The summed E-state index contributed by atoms with van der Waals surface area (Å²) in [6.07, 6.45) is 9.48. The molecule has 0 atom stereocenters. The second kappa shape index (κ2) is 20.1. The SMILES string of the molecule is Cc1cc(-n2c3[c-]c(Oc4[c-]c(-n5[c](=[Pt])n(-c6c(-c7ccccc7)cc7c(c6-c6ccccc6)Cc6cc(-c8ccccc8)ccc6-7)c6ccccc65)ccc4)ccc3c3ccccc32)ncc1-c1ccc(C2CCCCC2)cc1. The number of hydrogen-bond acceptors (Lipinski definition) is 2. The number of ether oxygens (including phenoxy) is 1. The van der Waals surface area contributed by atoms with E-state index < -0.39 is 0 Å². The van der Waals surface area contributed by atoms with Crippen molar-refractivity contribution in [2.75, 3.05) is 0 Å². The molecule has 0 unspecified atom stereocenters. The average Bonchev–Trinajstić information content (AvgIpc) is 4.37. The van der Waals surface area contributed by atoms with Crippen LogP contribution >= 0.6 is 0 Å². The number of imidazole rings is 1. The van der Waals surface area contributed by atoms with E-state index in [4.69, 9.17) is 9.72 Å². The van der Waals surface area contributed by atoms with Crippen molar-refractivity contribution >= 4 is 32.8 Å². The summed E-state index contributed by atoms with van der Waals surface area (Å²) in [5.41, 5.74) is 23.5. The molecule has 3 aromatic heterocycles. The van der Waals surface area contributed by atoms with E-state index in [0.717, 1.165) is 71.4 Å². The molecule has 15 rings (SSSR count). The molecule has 6 heteroatoms. The number of pyridine rings is 1. The first-order valence-electron chi connectivity index (χ1n) is 27.9. The van der Waals surface area contributed by atoms with Crippen LogP contribution in [0, 0.1) is 22.9 Å². The molecule has 0 bridgehead atoms. The van der Waals surface area contributed by atoms with Crippen LogP contribution in [-0.4, -0.2) is 18.7 Å². The molecule has 0 aliphatic heterocycles. The van der Waals surface area contributed by atoms with E-state index in [9.17, 15) is 0 Å². The summed E-state index contributed by atoms with van der Waals surface area (Å²) in [5.74, 6) is 2.71. The third-order valence-electron chi connectivity index (χ3n) is 16.7. The fourth-order valence-electron chi connectivity index (χ4n) is 12.9. The van der Waals surface area contributed by atoms with Crippen molar-refractivity contribution in [2.45, 2.75) is 51.4 Å². The summed E-state index contributed by atoms with van der Waals surface area (Å²) < 4.78 is 14.9. The molecule has 0 saturated heterocycles. The van der Waals surface area contributed by atoms with Crippen LogP contribution in [0.2, 0.25) is 0 Å². The first-order chi connectivity index (χ1) is 39.5. The molecule has 388 valence electrons. The first kappa shape index (κ1) is 48.3. The number of fused-ring (bicyclic) bond motifs is 7. The molecule has 0 N–H and O–H groups in total. The van der Waals surface area contributed by atoms with E-state index in [1.54, 1.807) is 0 Å². The van der Waals surface area contributed by atoms with Gasteiger partial charge in [-0.1, -0.05) is 61.7 Å². The van der Waals surface area contributed by atoms with Gasteiger partial charge in [-0.2, -0.15) is 0 Å². The summed E-state index contributed by atoms with van der Waals surface area (Å²) in [7, 11) is 0. The molecule has 1 fully saturated rings. The quantitative estimate of drug-likeness (QED) is 0.128. The van der Waals surface area contributed by atoms with Gasteiger partial charge in [-0.3, -0.25) is 0 Å².